The Hall–Kier alpha value is -2.36. The van der Waals surface area contributed by atoms with Crippen molar-refractivity contribution in [2.24, 2.45) is 5.16 Å². The Bertz CT molecular complexity index is 978. The SMILES string of the molecule is CC(=NOC(=O)[C@@H]1CC[C@@H](N(OCc2ccccc2)C(=O)OC(Cl)(Cl)Cl)CN1)c1ccccc1. The lowest BCUT2D eigenvalue weighted by molar-refractivity contribution is -0.177. The van der Waals surface area contributed by atoms with Gasteiger partial charge in [0.2, 0.25) is 0 Å². The second kappa shape index (κ2) is 12.4. The van der Waals surface area contributed by atoms with Gasteiger partial charge in [0.15, 0.2) is 0 Å². The zero-order valence-electron chi connectivity index (χ0n) is 18.3. The Labute approximate surface area is 212 Å². The van der Waals surface area contributed by atoms with Gasteiger partial charge in [0.25, 0.3) is 0 Å². The van der Waals surface area contributed by atoms with Crippen molar-refractivity contribution in [3.05, 3.63) is 71.8 Å². The number of piperidine rings is 1. The summed E-state index contributed by atoms with van der Waals surface area (Å²) in [7, 11) is 0. The number of ether oxygens (including phenoxy) is 1. The largest absolute Gasteiger partial charge is 0.437 e. The van der Waals surface area contributed by atoms with E-state index in [2.05, 4.69) is 10.5 Å². The molecule has 8 nitrogen and oxygen atoms in total. The molecule has 0 aromatic heterocycles. The molecule has 3 rings (SSSR count). The number of amides is 1. The number of alkyl halides is 3. The molecule has 1 saturated heterocycles. The molecule has 0 unspecified atom stereocenters. The van der Waals surface area contributed by atoms with Crippen molar-refractivity contribution in [1.82, 2.24) is 10.4 Å². The van der Waals surface area contributed by atoms with Crippen molar-refractivity contribution < 1.29 is 24.0 Å². The van der Waals surface area contributed by atoms with Gasteiger partial charge >= 0.3 is 16.0 Å². The highest BCUT2D eigenvalue weighted by atomic mass is 35.6. The molecule has 2 atom stereocenters. The predicted molar refractivity (Wildman–Crippen MR) is 129 cm³/mol. The van der Waals surface area contributed by atoms with E-state index in [9.17, 15) is 9.59 Å². The zero-order chi connectivity index (χ0) is 24.6. The fourth-order valence-electron chi connectivity index (χ4n) is 3.32. The fraction of sp³-hybridized carbons (Fsp3) is 0.348. The first-order chi connectivity index (χ1) is 16.2. The van der Waals surface area contributed by atoms with E-state index in [-0.39, 0.29) is 13.2 Å². The summed E-state index contributed by atoms with van der Waals surface area (Å²) in [6.45, 7) is 2.08. The van der Waals surface area contributed by atoms with Gasteiger partial charge in [0.05, 0.1) is 11.8 Å². The maximum Gasteiger partial charge on any atom is 0.437 e. The van der Waals surface area contributed by atoms with E-state index in [1.165, 1.54) is 0 Å². The van der Waals surface area contributed by atoms with Crippen LogP contribution in [-0.4, -0.2) is 45.4 Å². The van der Waals surface area contributed by atoms with Crippen molar-refractivity contribution in [3.8, 4) is 0 Å². The van der Waals surface area contributed by atoms with Gasteiger partial charge in [-0.15, -0.1) is 0 Å². The maximum atomic E-state index is 12.6. The van der Waals surface area contributed by atoms with Crippen LogP contribution in [0.15, 0.2) is 65.8 Å². The first-order valence-electron chi connectivity index (χ1n) is 10.5. The smallest absolute Gasteiger partial charge is 0.396 e. The Morgan fingerprint density at radius 3 is 2.29 bits per heavy atom. The molecule has 1 N–H and O–H groups in total. The second-order valence-electron chi connectivity index (χ2n) is 7.54. The molecule has 0 radical (unpaired) electrons. The second-order valence-corrected chi connectivity index (χ2v) is 9.72. The summed E-state index contributed by atoms with van der Waals surface area (Å²) in [6.07, 6.45) is -0.167. The maximum absolute atomic E-state index is 12.6. The highest BCUT2D eigenvalue weighted by Gasteiger charge is 2.37. The number of hydrogen-bond donors (Lipinski definition) is 1. The molecular weight excluding hydrogens is 505 g/mol. The number of carbonyl (C=O) groups excluding carboxylic acids is 2. The quantitative estimate of drug-likeness (QED) is 0.236. The highest BCUT2D eigenvalue weighted by Crippen LogP contribution is 2.29. The van der Waals surface area contributed by atoms with Crippen LogP contribution < -0.4 is 5.32 Å². The summed E-state index contributed by atoms with van der Waals surface area (Å²) in [4.78, 5) is 35.9. The molecule has 0 aliphatic carbocycles. The number of nitrogens with zero attached hydrogens (tertiary/aromatic N) is 2. The molecule has 1 fully saturated rings. The number of rotatable bonds is 7. The van der Waals surface area contributed by atoms with Crippen molar-refractivity contribution in [1.29, 1.82) is 0 Å². The summed E-state index contributed by atoms with van der Waals surface area (Å²) in [5, 5.41) is 8.01. The third-order valence-electron chi connectivity index (χ3n) is 5.06. The van der Waals surface area contributed by atoms with E-state index >= 15 is 0 Å². The van der Waals surface area contributed by atoms with Gasteiger partial charge < -0.3 is 14.9 Å². The molecule has 2 aromatic carbocycles. The van der Waals surface area contributed by atoms with E-state index in [1.54, 1.807) is 6.92 Å². The van der Waals surface area contributed by atoms with Crippen molar-refractivity contribution in [2.45, 2.75) is 42.4 Å². The van der Waals surface area contributed by atoms with Crippen molar-refractivity contribution in [3.63, 3.8) is 0 Å². The first kappa shape index (κ1) is 26.2. The Morgan fingerprint density at radius 2 is 1.71 bits per heavy atom. The summed E-state index contributed by atoms with van der Waals surface area (Å²) in [6, 6.07) is 17.6. The van der Waals surface area contributed by atoms with Crippen LogP contribution in [-0.2, 0) is 25.8 Å². The van der Waals surface area contributed by atoms with E-state index in [0.717, 1.165) is 16.2 Å². The number of oxime groups is 1. The first-order valence-corrected chi connectivity index (χ1v) is 11.7. The van der Waals surface area contributed by atoms with Crippen LogP contribution in [0.3, 0.4) is 0 Å². The molecule has 2 aromatic rings. The zero-order valence-corrected chi connectivity index (χ0v) is 20.6. The van der Waals surface area contributed by atoms with E-state index in [1.807, 2.05) is 60.7 Å². The molecule has 1 aliphatic rings. The predicted octanol–water partition coefficient (Wildman–Crippen LogP) is 4.97. The number of halogens is 3. The Balaban J connectivity index is 1.58. The van der Waals surface area contributed by atoms with E-state index < -0.39 is 28.1 Å². The Kier molecular flexibility index (Phi) is 9.55. The molecule has 182 valence electrons. The van der Waals surface area contributed by atoms with Crippen LogP contribution in [0.4, 0.5) is 4.79 Å². The average Bonchev–Trinajstić information content (AvgIpc) is 2.83. The molecule has 1 amide bonds. The van der Waals surface area contributed by atoms with Crippen LogP contribution in [0.5, 0.6) is 0 Å². The van der Waals surface area contributed by atoms with Gasteiger partial charge in [-0.1, -0.05) is 65.8 Å². The molecule has 0 spiro atoms. The number of benzene rings is 2. The minimum Gasteiger partial charge on any atom is -0.396 e. The van der Waals surface area contributed by atoms with Gasteiger partial charge in [0, 0.05) is 6.54 Å². The lowest BCUT2D eigenvalue weighted by Gasteiger charge is -2.35. The van der Waals surface area contributed by atoms with Crippen LogP contribution in [0, 0.1) is 0 Å². The topological polar surface area (TPSA) is 89.5 Å². The Morgan fingerprint density at radius 1 is 1.06 bits per heavy atom. The minimum absolute atomic E-state index is 0.102. The van der Waals surface area contributed by atoms with Crippen LogP contribution in [0.1, 0.15) is 30.9 Å². The fourth-order valence-corrected chi connectivity index (χ4v) is 3.52. The lowest BCUT2D eigenvalue weighted by Crippen LogP contribution is -2.54. The van der Waals surface area contributed by atoms with Crippen LogP contribution in [0.25, 0.3) is 0 Å². The molecule has 0 bridgehead atoms. The highest BCUT2D eigenvalue weighted by molar-refractivity contribution is 6.66. The van der Waals surface area contributed by atoms with Gasteiger partial charge in [-0.3, -0.25) is 4.84 Å². The molecular formula is C23H24Cl3N3O5. The van der Waals surface area contributed by atoms with Gasteiger partial charge in [-0.25, -0.2) is 9.59 Å². The van der Waals surface area contributed by atoms with Crippen LogP contribution in [0.2, 0.25) is 0 Å². The molecule has 1 aliphatic heterocycles. The molecule has 11 heteroatoms. The van der Waals surface area contributed by atoms with Crippen molar-refractivity contribution >= 4 is 52.6 Å². The number of carbonyl (C=O) groups is 2. The van der Waals surface area contributed by atoms with Gasteiger partial charge in [-0.05, 0) is 65.7 Å². The lowest BCUT2D eigenvalue weighted by atomic mass is 10.0. The number of hydroxylamine groups is 2. The summed E-state index contributed by atoms with van der Waals surface area (Å²) < 4.78 is 2.60. The monoisotopic (exact) mass is 527 g/mol. The third-order valence-corrected chi connectivity index (χ3v) is 5.30. The summed E-state index contributed by atoms with van der Waals surface area (Å²) in [5.74, 6) is -0.519. The average molecular weight is 529 g/mol. The minimum atomic E-state index is -2.24. The van der Waals surface area contributed by atoms with E-state index in [0.29, 0.717) is 18.6 Å². The number of hydrogen-bond acceptors (Lipinski definition) is 7. The summed E-state index contributed by atoms with van der Waals surface area (Å²) >= 11 is 16.8. The van der Waals surface area contributed by atoms with Crippen LogP contribution >= 0.6 is 34.8 Å². The van der Waals surface area contributed by atoms with E-state index in [4.69, 9.17) is 49.2 Å². The molecule has 34 heavy (non-hydrogen) atoms. The summed E-state index contributed by atoms with van der Waals surface area (Å²) in [5.41, 5.74) is 2.27. The van der Waals surface area contributed by atoms with Crippen molar-refractivity contribution in [2.75, 3.05) is 6.54 Å². The normalized spacial score (nSPS) is 18.8. The molecule has 1 heterocycles. The standard InChI is InChI=1S/C23H24Cl3N3O5/c1-16(18-10-6-3-7-11-18)28-34-21(30)20-13-12-19(14-27-20)29(22(31)33-23(24,25)26)32-15-17-8-4-2-5-9-17/h2-11,19-20,27H,12-15H2,1H3/t19-,20+/m1/s1. The van der Waals surface area contributed by atoms with Gasteiger partial charge in [-0.2, -0.15) is 5.06 Å². The molecule has 0 saturated carbocycles. The third kappa shape index (κ3) is 8.14. The number of nitrogens with one attached hydrogen (secondary N) is 1. The van der Waals surface area contributed by atoms with Gasteiger partial charge in [0.1, 0.15) is 12.6 Å².